The molecule has 6 nitrogen and oxygen atoms in total. The Hall–Kier alpha value is -0.0231. The quantitative estimate of drug-likeness (QED) is 0.398. The van der Waals surface area contributed by atoms with Crippen LogP contribution in [0.4, 0.5) is 0 Å². The molecule has 7 heteroatoms. The molecule has 0 spiro atoms. The first-order valence-electron chi connectivity index (χ1n) is 7.86. The van der Waals surface area contributed by atoms with Gasteiger partial charge in [-0.25, -0.2) is 0 Å². The van der Waals surface area contributed by atoms with Crippen LogP contribution >= 0.6 is 0 Å². The van der Waals surface area contributed by atoms with Crippen LogP contribution in [0.3, 0.4) is 0 Å². The molecule has 2 aliphatic rings. The fourth-order valence-corrected chi connectivity index (χ4v) is 5.60. The molecule has 0 bridgehead atoms. The smallest absolute Gasteiger partial charge is 0.392 e. The van der Waals surface area contributed by atoms with Crippen molar-refractivity contribution >= 4 is 8.56 Å². The third kappa shape index (κ3) is 4.99. The van der Waals surface area contributed by atoms with E-state index in [1.54, 1.807) is 0 Å². The molecule has 21 heavy (non-hydrogen) atoms. The standard InChI is InChI=1S/C14H28O6Si/c1-5-19-21(20-6-2,11(3)15-7-13-9-17-13)12(4)16-8-14-10-18-14/h11-14H,5-10H2,1-4H3. The van der Waals surface area contributed by atoms with Gasteiger partial charge in [0.2, 0.25) is 0 Å². The lowest BCUT2D eigenvalue weighted by molar-refractivity contribution is 0.00256. The van der Waals surface area contributed by atoms with Gasteiger partial charge in [-0.1, -0.05) is 0 Å². The van der Waals surface area contributed by atoms with Gasteiger partial charge < -0.3 is 27.8 Å². The summed E-state index contributed by atoms with van der Waals surface area (Å²) >= 11 is 0. The fourth-order valence-electron chi connectivity index (χ4n) is 2.36. The second-order valence-electron chi connectivity index (χ2n) is 5.45. The maximum absolute atomic E-state index is 6.08. The molecular weight excluding hydrogens is 292 g/mol. The summed E-state index contributed by atoms with van der Waals surface area (Å²) in [5, 5.41) is 0. The third-order valence-electron chi connectivity index (χ3n) is 3.74. The van der Waals surface area contributed by atoms with Crippen LogP contribution in [-0.2, 0) is 27.8 Å². The maximum Gasteiger partial charge on any atom is 0.397 e. The fraction of sp³-hybridized carbons (Fsp3) is 1.00. The van der Waals surface area contributed by atoms with Gasteiger partial charge in [-0.05, 0) is 27.7 Å². The summed E-state index contributed by atoms with van der Waals surface area (Å²) in [6.45, 7) is 11.9. The van der Waals surface area contributed by atoms with Gasteiger partial charge in [0.15, 0.2) is 0 Å². The summed E-state index contributed by atoms with van der Waals surface area (Å²) in [4.78, 5) is 0. The highest BCUT2D eigenvalue weighted by Gasteiger charge is 2.51. The predicted molar refractivity (Wildman–Crippen MR) is 79.3 cm³/mol. The molecule has 124 valence electrons. The lowest BCUT2D eigenvalue weighted by atomic mass is 10.5. The minimum Gasteiger partial charge on any atom is -0.392 e. The minimum atomic E-state index is -2.64. The van der Waals surface area contributed by atoms with Crippen LogP contribution in [0.2, 0.25) is 0 Å². The van der Waals surface area contributed by atoms with Crippen molar-refractivity contribution in [1.29, 1.82) is 0 Å². The first-order chi connectivity index (χ1) is 10.1. The van der Waals surface area contributed by atoms with Crippen molar-refractivity contribution in [2.45, 2.75) is 51.4 Å². The highest BCUT2D eigenvalue weighted by molar-refractivity contribution is 6.70. The monoisotopic (exact) mass is 320 g/mol. The Morgan fingerprint density at radius 2 is 1.29 bits per heavy atom. The van der Waals surface area contributed by atoms with Crippen LogP contribution in [0.15, 0.2) is 0 Å². The average Bonchev–Trinajstić information content (AvgIpc) is 3.36. The molecule has 2 heterocycles. The van der Waals surface area contributed by atoms with Crippen LogP contribution < -0.4 is 0 Å². The van der Waals surface area contributed by atoms with Crippen LogP contribution in [-0.4, -0.2) is 71.9 Å². The maximum atomic E-state index is 6.08. The summed E-state index contributed by atoms with van der Waals surface area (Å²) < 4.78 is 34.5. The van der Waals surface area contributed by atoms with E-state index in [2.05, 4.69) is 0 Å². The van der Waals surface area contributed by atoms with E-state index in [1.807, 2.05) is 27.7 Å². The van der Waals surface area contributed by atoms with Gasteiger partial charge in [-0.3, -0.25) is 0 Å². The van der Waals surface area contributed by atoms with Gasteiger partial charge in [0.25, 0.3) is 0 Å². The van der Waals surface area contributed by atoms with Gasteiger partial charge in [0.05, 0.1) is 26.4 Å². The molecule has 4 unspecified atom stereocenters. The molecule has 2 fully saturated rings. The first kappa shape index (κ1) is 17.3. The third-order valence-corrected chi connectivity index (χ3v) is 7.82. The van der Waals surface area contributed by atoms with E-state index in [4.69, 9.17) is 27.8 Å². The van der Waals surface area contributed by atoms with Crippen molar-refractivity contribution in [3.63, 3.8) is 0 Å². The van der Waals surface area contributed by atoms with Gasteiger partial charge >= 0.3 is 8.56 Å². The van der Waals surface area contributed by atoms with E-state index in [-0.39, 0.29) is 23.7 Å². The topological polar surface area (TPSA) is 62.0 Å². The largest absolute Gasteiger partial charge is 0.397 e. The Bertz CT molecular complexity index is 278. The molecule has 0 saturated carbocycles. The Labute approximate surface area is 128 Å². The van der Waals surface area contributed by atoms with Crippen molar-refractivity contribution in [1.82, 2.24) is 0 Å². The van der Waals surface area contributed by atoms with Crippen LogP contribution in [0.1, 0.15) is 27.7 Å². The summed E-state index contributed by atoms with van der Waals surface area (Å²) in [6.07, 6.45) is 0.469. The molecule has 0 amide bonds. The summed E-state index contributed by atoms with van der Waals surface area (Å²) in [5.74, 6) is 0. The Kier molecular flexibility index (Phi) is 6.61. The molecular formula is C14H28O6Si. The molecule has 0 aromatic rings. The lowest BCUT2D eigenvalue weighted by Crippen LogP contribution is -2.62. The van der Waals surface area contributed by atoms with Gasteiger partial charge in [-0.2, -0.15) is 0 Å². The van der Waals surface area contributed by atoms with Crippen molar-refractivity contribution in [2.75, 3.05) is 39.6 Å². The minimum absolute atomic E-state index is 0.114. The number of hydrogen-bond acceptors (Lipinski definition) is 6. The van der Waals surface area contributed by atoms with E-state index >= 15 is 0 Å². The van der Waals surface area contributed by atoms with E-state index in [1.165, 1.54) is 0 Å². The zero-order chi connectivity index (χ0) is 15.3. The zero-order valence-electron chi connectivity index (χ0n) is 13.5. The predicted octanol–water partition coefficient (Wildman–Crippen LogP) is 1.19. The molecule has 2 saturated heterocycles. The van der Waals surface area contributed by atoms with Crippen molar-refractivity contribution in [2.24, 2.45) is 0 Å². The van der Waals surface area contributed by atoms with Crippen LogP contribution in [0, 0.1) is 0 Å². The second kappa shape index (κ2) is 8.01. The molecule has 0 radical (unpaired) electrons. The number of rotatable bonds is 12. The summed E-state index contributed by atoms with van der Waals surface area (Å²) in [6, 6.07) is 0. The number of epoxide rings is 2. The van der Waals surface area contributed by atoms with E-state index in [0.29, 0.717) is 26.4 Å². The molecule has 2 rings (SSSR count). The molecule has 0 N–H and O–H groups in total. The van der Waals surface area contributed by atoms with Gasteiger partial charge in [0.1, 0.15) is 23.7 Å². The van der Waals surface area contributed by atoms with Gasteiger partial charge in [0, 0.05) is 13.2 Å². The van der Waals surface area contributed by atoms with Crippen LogP contribution in [0.5, 0.6) is 0 Å². The van der Waals surface area contributed by atoms with Crippen molar-refractivity contribution in [3.05, 3.63) is 0 Å². The van der Waals surface area contributed by atoms with Crippen LogP contribution in [0.25, 0.3) is 0 Å². The molecule has 2 aliphatic heterocycles. The van der Waals surface area contributed by atoms with Gasteiger partial charge in [-0.15, -0.1) is 0 Å². The second-order valence-corrected chi connectivity index (χ2v) is 9.10. The lowest BCUT2D eigenvalue weighted by Gasteiger charge is -2.38. The number of ether oxygens (including phenoxy) is 4. The Morgan fingerprint density at radius 1 is 0.905 bits per heavy atom. The summed E-state index contributed by atoms with van der Waals surface area (Å²) in [5.41, 5.74) is -0.228. The van der Waals surface area contributed by atoms with E-state index < -0.39 is 8.56 Å². The molecule has 4 atom stereocenters. The Balaban J connectivity index is 1.96. The SMILES string of the molecule is CCO[Si](OCC)(C(C)OCC1CO1)C(C)OCC1CO1. The van der Waals surface area contributed by atoms with E-state index in [9.17, 15) is 0 Å². The average molecular weight is 320 g/mol. The molecule has 0 aliphatic carbocycles. The summed E-state index contributed by atoms with van der Waals surface area (Å²) in [7, 11) is -2.64. The highest BCUT2D eigenvalue weighted by Crippen LogP contribution is 2.25. The first-order valence-corrected chi connectivity index (χ1v) is 9.83. The highest BCUT2D eigenvalue weighted by atomic mass is 28.4. The normalized spacial score (nSPS) is 27.4. The molecule has 0 aromatic heterocycles. The van der Waals surface area contributed by atoms with Crippen molar-refractivity contribution < 1.29 is 27.8 Å². The zero-order valence-corrected chi connectivity index (χ0v) is 14.5. The molecule has 0 aromatic carbocycles. The van der Waals surface area contributed by atoms with Crippen molar-refractivity contribution in [3.8, 4) is 0 Å². The Morgan fingerprint density at radius 3 is 1.57 bits per heavy atom. The number of hydrogen-bond donors (Lipinski definition) is 0. The van der Waals surface area contributed by atoms with E-state index in [0.717, 1.165) is 13.2 Å².